The molecular formula is C16H30N2O2. The number of nitrogens with one attached hydrogen (secondary N) is 1. The Bertz CT molecular complexity index is 311. The van der Waals surface area contributed by atoms with Gasteiger partial charge in [-0.15, -0.1) is 0 Å². The summed E-state index contributed by atoms with van der Waals surface area (Å²) in [5, 5.41) is 3.39. The van der Waals surface area contributed by atoms with Crippen LogP contribution in [0.5, 0.6) is 0 Å². The minimum Gasteiger partial charge on any atom is -0.460 e. The van der Waals surface area contributed by atoms with E-state index in [0.717, 1.165) is 31.8 Å². The van der Waals surface area contributed by atoms with Crippen molar-refractivity contribution in [3.05, 3.63) is 0 Å². The van der Waals surface area contributed by atoms with Gasteiger partial charge in [-0.3, -0.25) is 4.79 Å². The van der Waals surface area contributed by atoms with Gasteiger partial charge in [0, 0.05) is 32.7 Å². The molecule has 2 rings (SSSR count). The Morgan fingerprint density at radius 1 is 1.15 bits per heavy atom. The maximum Gasteiger partial charge on any atom is 0.309 e. The molecule has 4 nitrogen and oxygen atoms in total. The van der Waals surface area contributed by atoms with Crippen molar-refractivity contribution in [2.24, 2.45) is 11.8 Å². The smallest absolute Gasteiger partial charge is 0.309 e. The van der Waals surface area contributed by atoms with Crippen LogP contribution in [0.15, 0.2) is 0 Å². The molecule has 0 spiro atoms. The molecule has 1 N–H and O–H groups in total. The van der Waals surface area contributed by atoms with Crippen LogP contribution in [0.25, 0.3) is 0 Å². The standard InChI is InChI=1S/C16H30N2O2/c1-16(2,3)20-15(19)14-6-4-13(5-7-14)12-18-10-8-17-9-11-18/h13-14,17H,4-12H2,1-3H3/t13-,14-. The lowest BCUT2D eigenvalue weighted by molar-refractivity contribution is -0.161. The van der Waals surface area contributed by atoms with E-state index in [9.17, 15) is 4.79 Å². The SMILES string of the molecule is CC(C)(C)OC(=O)[C@H]1CC[C@H](CN2CCNCC2)CC1. The van der Waals surface area contributed by atoms with Gasteiger partial charge in [0.25, 0.3) is 0 Å². The third-order valence-corrected chi connectivity index (χ3v) is 4.31. The molecule has 0 aromatic carbocycles. The Hall–Kier alpha value is -0.610. The summed E-state index contributed by atoms with van der Waals surface area (Å²) in [5.74, 6) is 0.915. The van der Waals surface area contributed by atoms with Crippen LogP contribution in [-0.2, 0) is 9.53 Å². The molecule has 1 aliphatic heterocycles. The zero-order valence-electron chi connectivity index (χ0n) is 13.3. The third-order valence-electron chi connectivity index (χ3n) is 4.31. The topological polar surface area (TPSA) is 41.6 Å². The highest BCUT2D eigenvalue weighted by atomic mass is 16.6. The monoisotopic (exact) mass is 282 g/mol. The van der Waals surface area contributed by atoms with Crippen molar-refractivity contribution in [3.8, 4) is 0 Å². The zero-order chi connectivity index (χ0) is 14.6. The molecule has 0 atom stereocenters. The van der Waals surface area contributed by atoms with Crippen LogP contribution in [0.3, 0.4) is 0 Å². The van der Waals surface area contributed by atoms with Crippen molar-refractivity contribution < 1.29 is 9.53 Å². The summed E-state index contributed by atoms with van der Waals surface area (Å²) in [5.41, 5.74) is -0.352. The van der Waals surface area contributed by atoms with E-state index in [1.165, 1.54) is 32.5 Å². The first kappa shape index (κ1) is 15.8. The highest BCUT2D eigenvalue weighted by Gasteiger charge is 2.30. The number of ether oxygens (including phenoxy) is 1. The maximum atomic E-state index is 12.1. The first-order valence-electron chi connectivity index (χ1n) is 8.10. The number of nitrogens with zero attached hydrogens (tertiary/aromatic N) is 1. The maximum absolute atomic E-state index is 12.1. The van der Waals surface area contributed by atoms with Crippen LogP contribution in [0.2, 0.25) is 0 Å². The lowest BCUT2D eigenvalue weighted by Gasteiger charge is -2.34. The van der Waals surface area contributed by atoms with Crippen molar-refractivity contribution >= 4 is 5.97 Å². The molecule has 116 valence electrons. The van der Waals surface area contributed by atoms with Crippen LogP contribution in [-0.4, -0.2) is 49.2 Å². The van der Waals surface area contributed by atoms with E-state index in [4.69, 9.17) is 4.74 Å². The molecule has 1 aliphatic carbocycles. The van der Waals surface area contributed by atoms with Crippen LogP contribution >= 0.6 is 0 Å². The fourth-order valence-corrected chi connectivity index (χ4v) is 3.22. The van der Waals surface area contributed by atoms with Crippen LogP contribution < -0.4 is 5.32 Å². The summed E-state index contributed by atoms with van der Waals surface area (Å²) in [6.45, 7) is 11.6. The number of hydrogen-bond acceptors (Lipinski definition) is 4. The molecule has 4 heteroatoms. The van der Waals surface area contributed by atoms with E-state index >= 15 is 0 Å². The molecule has 1 saturated heterocycles. The second-order valence-corrected chi connectivity index (χ2v) is 7.30. The van der Waals surface area contributed by atoms with E-state index in [2.05, 4.69) is 10.2 Å². The minimum absolute atomic E-state index is 0.0122. The molecule has 0 aromatic rings. The Labute approximate surface area is 123 Å². The van der Waals surface area contributed by atoms with Gasteiger partial charge in [-0.05, 0) is 52.4 Å². The average Bonchev–Trinajstić information content (AvgIpc) is 2.39. The molecule has 0 unspecified atom stereocenters. The zero-order valence-corrected chi connectivity index (χ0v) is 13.3. The molecule has 0 amide bonds. The normalized spacial score (nSPS) is 29.1. The molecule has 0 bridgehead atoms. The fourth-order valence-electron chi connectivity index (χ4n) is 3.22. The van der Waals surface area contributed by atoms with E-state index in [-0.39, 0.29) is 17.5 Å². The first-order chi connectivity index (χ1) is 9.44. The van der Waals surface area contributed by atoms with Gasteiger partial charge in [0.15, 0.2) is 0 Å². The molecule has 0 radical (unpaired) electrons. The fraction of sp³-hybridized carbons (Fsp3) is 0.938. The molecule has 0 aromatic heterocycles. The van der Waals surface area contributed by atoms with Crippen LogP contribution in [0, 0.1) is 11.8 Å². The second kappa shape index (κ2) is 6.90. The molecule has 2 aliphatic rings. The Balaban J connectivity index is 1.70. The lowest BCUT2D eigenvalue weighted by Crippen LogP contribution is -2.45. The number of carbonyl (C=O) groups excluding carboxylic acids is 1. The van der Waals surface area contributed by atoms with Gasteiger partial charge in [0.05, 0.1) is 5.92 Å². The van der Waals surface area contributed by atoms with E-state index in [1.807, 2.05) is 20.8 Å². The summed E-state index contributed by atoms with van der Waals surface area (Å²) < 4.78 is 5.50. The number of hydrogen-bond donors (Lipinski definition) is 1. The highest BCUT2D eigenvalue weighted by Crippen LogP contribution is 2.31. The largest absolute Gasteiger partial charge is 0.460 e. The third kappa shape index (κ3) is 5.06. The summed E-state index contributed by atoms with van der Waals surface area (Å²) in [4.78, 5) is 14.6. The predicted molar refractivity (Wildman–Crippen MR) is 80.6 cm³/mol. The number of piperazine rings is 1. The van der Waals surface area contributed by atoms with Gasteiger partial charge in [0.1, 0.15) is 5.60 Å². The van der Waals surface area contributed by atoms with Gasteiger partial charge < -0.3 is 15.0 Å². The quantitative estimate of drug-likeness (QED) is 0.804. The average molecular weight is 282 g/mol. The number of esters is 1. The molecule has 1 saturated carbocycles. The van der Waals surface area contributed by atoms with Gasteiger partial charge in [0.2, 0.25) is 0 Å². The van der Waals surface area contributed by atoms with Crippen molar-refractivity contribution in [1.29, 1.82) is 0 Å². The molecular weight excluding hydrogens is 252 g/mol. The number of carbonyl (C=O) groups is 1. The Morgan fingerprint density at radius 3 is 2.30 bits per heavy atom. The first-order valence-corrected chi connectivity index (χ1v) is 8.10. The summed E-state index contributed by atoms with van der Waals surface area (Å²) in [6.07, 6.45) is 4.36. The summed E-state index contributed by atoms with van der Waals surface area (Å²) in [7, 11) is 0. The van der Waals surface area contributed by atoms with Gasteiger partial charge >= 0.3 is 5.97 Å². The van der Waals surface area contributed by atoms with Crippen LogP contribution in [0.4, 0.5) is 0 Å². The van der Waals surface area contributed by atoms with E-state index in [1.54, 1.807) is 0 Å². The van der Waals surface area contributed by atoms with Crippen molar-refractivity contribution in [2.45, 2.75) is 52.1 Å². The van der Waals surface area contributed by atoms with Gasteiger partial charge in [-0.25, -0.2) is 0 Å². The lowest BCUT2D eigenvalue weighted by atomic mass is 9.81. The van der Waals surface area contributed by atoms with Crippen molar-refractivity contribution in [2.75, 3.05) is 32.7 Å². The van der Waals surface area contributed by atoms with E-state index < -0.39 is 0 Å². The Kier molecular flexibility index (Phi) is 5.44. The van der Waals surface area contributed by atoms with Gasteiger partial charge in [-0.1, -0.05) is 0 Å². The number of rotatable bonds is 3. The molecule has 20 heavy (non-hydrogen) atoms. The molecule has 1 heterocycles. The van der Waals surface area contributed by atoms with Crippen molar-refractivity contribution in [3.63, 3.8) is 0 Å². The summed E-state index contributed by atoms with van der Waals surface area (Å²) >= 11 is 0. The van der Waals surface area contributed by atoms with Crippen LogP contribution in [0.1, 0.15) is 46.5 Å². The summed E-state index contributed by atoms with van der Waals surface area (Å²) in [6, 6.07) is 0. The van der Waals surface area contributed by atoms with E-state index in [0.29, 0.717) is 0 Å². The Morgan fingerprint density at radius 2 is 1.75 bits per heavy atom. The second-order valence-electron chi connectivity index (χ2n) is 7.30. The van der Waals surface area contributed by atoms with Gasteiger partial charge in [-0.2, -0.15) is 0 Å². The highest BCUT2D eigenvalue weighted by molar-refractivity contribution is 5.72. The predicted octanol–water partition coefficient (Wildman–Crippen LogP) is 2.04. The van der Waals surface area contributed by atoms with Crippen molar-refractivity contribution in [1.82, 2.24) is 10.2 Å². The minimum atomic E-state index is -0.352. The molecule has 2 fully saturated rings.